The lowest BCUT2D eigenvalue weighted by molar-refractivity contribution is -0.132. The molecule has 1 unspecified atom stereocenters. The summed E-state index contributed by atoms with van der Waals surface area (Å²) < 4.78 is 0. The number of nitriles is 1. The first kappa shape index (κ1) is 13.0. The SMILES string of the molecule is CCc1cnc(C(C)NC(=O)C2(C#N)CCC2)s1. The van der Waals surface area contributed by atoms with Gasteiger partial charge in [-0.1, -0.05) is 6.92 Å². The lowest BCUT2D eigenvalue weighted by Gasteiger charge is -2.34. The predicted octanol–water partition coefficient (Wildman–Crippen LogP) is 2.58. The van der Waals surface area contributed by atoms with Crippen LogP contribution in [0.2, 0.25) is 0 Å². The molecule has 1 aliphatic carbocycles. The second-order valence-electron chi connectivity index (χ2n) is 4.76. The minimum Gasteiger partial charge on any atom is -0.346 e. The third-order valence-electron chi connectivity index (χ3n) is 3.49. The van der Waals surface area contributed by atoms with Crippen LogP contribution in [0, 0.1) is 16.7 Å². The van der Waals surface area contributed by atoms with Crippen LogP contribution in [0.4, 0.5) is 0 Å². The largest absolute Gasteiger partial charge is 0.346 e. The zero-order valence-corrected chi connectivity index (χ0v) is 11.5. The van der Waals surface area contributed by atoms with Gasteiger partial charge in [0.25, 0.3) is 0 Å². The molecule has 0 radical (unpaired) electrons. The van der Waals surface area contributed by atoms with Crippen molar-refractivity contribution in [2.75, 3.05) is 0 Å². The molecule has 0 spiro atoms. The van der Waals surface area contributed by atoms with E-state index in [9.17, 15) is 4.79 Å². The molecule has 0 aliphatic heterocycles. The predicted molar refractivity (Wildman–Crippen MR) is 69.9 cm³/mol. The molecule has 1 saturated carbocycles. The maximum Gasteiger partial charge on any atom is 0.241 e. The Morgan fingerprint density at radius 2 is 2.44 bits per heavy atom. The van der Waals surface area contributed by atoms with Gasteiger partial charge in [-0.25, -0.2) is 4.98 Å². The van der Waals surface area contributed by atoms with Crippen LogP contribution in [0.3, 0.4) is 0 Å². The molecule has 2 rings (SSSR count). The van der Waals surface area contributed by atoms with E-state index >= 15 is 0 Å². The van der Waals surface area contributed by atoms with E-state index in [0.29, 0.717) is 12.8 Å². The molecule has 0 aromatic carbocycles. The summed E-state index contributed by atoms with van der Waals surface area (Å²) >= 11 is 1.62. The van der Waals surface area contributed by atoms with Gasteiger partial charge in [-0.2, -0.15) is 5.26 Å². The van der Waals surface area contributed by atoms with Crippen LogP contribution in [0.15, 0.2) is 6.20 Å². The van der Waals surface area contributed by atoms with Gasteiger partial charge >= 0.3 is 0 Å². The first-order valence-electron chi connectivity index (χ1n) is 6.28. The topological polar surface area (TPSA) is 65.8 Å². The molecule has 1 fully saturated rings. The van der Waals surface area contributed by atoms with E-state index in [2.05, 4.69) is 23.3 Å². The smallest absolute Gasteiger partial charge is 0.241 e. The van der Waals surface area contributed by atoms with Gasteiger partial charge in [0.2, 0.25) is 5.91 Å². The van der Waals surface area contributed by atoms with Crippen LogP contribution in [0.5, 0.6) is 0 Å². The fourth-order valence-electron chi connectivity index (χ4n) is 2.00. The van der Waals surface area contributed by atoms with Crippen molar-refractivity contribution in [1.29, 1.82) is 5.26 Å². The van der Waals surface area contributed by atoms with Crippen LogP contribution in [-0.4, -0.2) is 10.9 Å². The first-order chi connectivity index (χ1) is 8.61. The fourth-order valence-corrected chi connectivity index (χ4v) is 2.86. The molecule has 1 N–H and O–H groups in total. The van der Waals surface area contributed by atoms with Crippen LogP contribution in [0.25, 0.3) is 0 Å². The second-order valence-corrected chi connectivity index (χ2v) is 5.91. The number of thiazole rings is 1. The van der Waals surface area contributed by atoms with E-state index in [0.717, 1.165) is 17.8 Å². The lowest BCUT2D eigenvalue weighted by atomic mass is 9.69. The summed E-state index contributed by atoms with van der Waals surface area (Å²) in [5, 5.41) is 12.9. The monoisotopic (exact) mass is 263 g/mol. The Labute approximate surface area is 111 Å². The zero-order valence-electron chi connectivity index (χ0n) is 10.7. The number of aryl methyl sites for hydroxylation is 1. The van der Waals surface area contributed by atoms with E-state index in [1.807, 2.05) is 13.1 Å². The molecular weight excluding hydrogens is 246 g/mol. The Bertz CT molecular complexity index is 485. The quantitative estimate of drug-likeness (QED) is 0.908. The van der Waals surface area contributed by atoms with Crippen molar-refractivity contribution in [3.8, 4) is 6.07 Å². The molecule has 1 atom stereocenters. The number of nitrogens with one attached hydrogen (secondary N) is 1. The summed E-state index contributed by atoms with van der Waals surface area (Å²) in [5.41, 5.74) is -0.779. The van der Waals surface area contributed by atoms with Gasteiger partial charge < -0.3 is 5.32 Å². The molecule has 0 bridgehead atoms. The lowest BCUT2D eigenvalue weighted by Crippen LogP contribution is -2.45. The minimum absolute atomic E-state index is 0.117. The summed E-state index contributed by atoms with van der Waals surface area (Å²) in [7, 11) is 0. The number of hydrogen-bond acceptors (Lipinski definition) is 4. The molecule has 5 heteroatoms. The Morgan fingerprint density at radius 3 is 2.89 bits per heavy atom. The van der Waals surface area contributed by atoms with Crippen molar-refractivity contribution in [3.63, 3.8) is 0 Å². The van der Waals surface area contributed by atoms with Crippen molar-refractivity contribution >= 4 is 17.2 Å². The van der Waals surface area contributed by atoms with Crippen LogP contribution >= 0.6 is 11.3 Å². The van der Waals surface area contributed by atoms with Crippen molar-refractivity contribution in [3.05, 3.63) is 16.1 Å². The van der Waals surface area contributed by atoms with Crippen molar-refractivity contribution in [2.24, 2.45) is 5.41 Å². The average molecular weight is 263 g/mol. The number of carbonyl (C=O) groups is 1. The number of carbonyl (C=O) groups excluding carboxylic acids is 1. The van der Waals surface area contributed by atoms with Gasteiger partial charge in [0.1, 0.15) is 10.4 Å². The number of rotatable bonds is 4. The molecule has 1 aliphatic rings. The summed E-state index contributed by atoms with van der Waals surface area (Å²) in [6, 6.07) is 2.04. The molecular formula is C13H17N3OS. The summed E-state index contributed by atoms with van der Waals surface area (Å²) in [5.74, 6) is -0.142. The third kappa shape index (κ3) is 2.25. The molecule has 4 nitrogen and oxygen atoms in total. The van der Waals surface area contributed by atoms with E-state index in [4.69, 9.17) is 5.26 Å². The van der Waals surface area contributed by atoms with E-state index < -0.39 is 5.41 Å². The van der Waals surface area contributed by atoms with E-state index in [1.54, 1.807) is 11.3 Å². The highest BCUT2D eigenvalue weighted by Gasteiger charge is 2.45. The van der Waals surface area contributed by atoms with Gasteiger partial charge in [-0.15, -0.1) is 11.3 Å². The maximum atomic E-state index is 12.1. The maximum absolute atomic E-state index is 12.1. The third-order valence-corrected chi connectivity index (χ3v) is 4.82. The highest BCUT2D eigenvalue weighted by Crippen LogP contribution is 2.40. The highest BCUT2D eigenvalue weighted by molar-refractivity contribution is 7.11. The molecule has 1 aromatic heterocycles. The Hall–Kier alpha value is -1.41. The summed E-state index contributed by atoms with van der Waals surface area (Å²) in [6.07, 6.45) is 5.14. The molecule has 96 valence electrons. The Kier molecular flexibility index (Phi) is 3.67. The number of aromatic nitrogens is 1. The van der Waals surface area contributed by atoms with E-state index in [1.165, 1.54) is 4.88 Å². The zero-order chi connectivity index (χ0) is 13.2. The normalized spacial score (nSPS) is 18.5. The molecule has 1 heterocycles. The van der Waals surface area contributed by atoms with Gasteiger partial charge in [-0.3, -0.25) is 4.79 Å². The number of amides is 1. The molecule has 0 saturated heterocycles. The van der Waals surface area contributed by atoms with E-state index in [-0.39, 0.29) is 11.9 Å². The van der Waals surface area contributed by atoms with Gasteiger partial charge in [-0.05, 0) is 32.6 Å². The average Bonchev–Trinajstić information content (AvgIpc) is 2.76. The van der Waals surface area contributed by atoms with Crippen molar-refractivity contribution < 1.29 is 4.79 Å². The number of hydrogen-bond donors (Lipinski definition) is 1. The minimum atomic E-state index is -0.779. The summed E-state index contributed by atoms with van der Waals surface area (Å²) in [6.45, 7) is 4.00. The highest BCUT2D eigenvalue weighted by atomic mass is 32.1. The van der Waals surface area contributed by atoms with Crippen LogP contribution in [-0.2, 0) is 11.2 Å². The Balaban J connectivity index is 2.01. The van der Waals surface area contributed by atoms with Gasteiger partial charge in [0.15, 0.2) is 0 Å². The standard InChI is InChI=1S/C13H17N3OS/c1-3-10-7-15-11(18-10)9(2)16-12(17)13(8-14)5-4-6-13/h7,9H,3-6H2,1-2H3,(H,16,17). The van der Waals surface area contributed by atoms with Crippen molar-refractivity contribution in [1.82, 2.24) is 10.3 Å². The number of nitrogens with zero attached hydrogens (tertiary/aromatic N) is 2. The van der Waals surface area contributed by atoms with Gasteiger partial charge in [0, 0.05) is 11.1 Å². The molecule has 1 amide bonds. The Morgan fingerprint density at radius 1 is 1.72 bits per heavy atom. The molecule has 1 aromatic rings. The summed E-state index contributed by atoms with van der Waals surface area (Å²) in [4.78, 5) is 17.6. The molecule has 18 heavy (non-hydrogen) atoms. The second kappa shape index (κ2) is 5.07. The fraction of sp³-hybridized carbons (Fsp3) is 0.615. The van der Waals surface area contributed by atoms with Crippen LogP contribution in [0.1, 0.15) is 49.0 Å². The van der Waals surface area contributed by atoms with Crippen LogP contribution < -0.4 is 5.32 Å². The van der Waals surface area contributed by atoms with Crippen molar-refractivity contribution in [2.45, 2.75) is 45.6 Å². The first-order valence-corrected chi connectivity index (χ1v) is 7.10. The van der Waals surface area contributed by atoms with Gasteiger partial charge in [0.05, 0.1) is 12.1 Å².